The third kappa shape index (κ3) is 3.36. The van der Waals surface area contributed by atoms with Gasteiger partial charge >= 0.3 is 5.97 Å². The van der Waals surface area contributed by atoms with Crippen molar-refractivity contribution < 1.29 is 23.4 Å². The maximum atomic E-state index is 13.9. The van der Waals surface area contributed by atoms with Crippen LogP contribution in [0.5, 0.6) is 5.75 Å². The maximum Gasteiger partial charge on any atom is 0.311 e. The fraction of sp³-hybridized carbons (Fsp3) is 0.188. The van der Waals surface area contributed by atoms with E-state index in [1.54, 1.807) is 0 Å². The van der Waals surface area contributed by atoms with Crippen LogP contribution in [-0.4, -0.2) is 18.2 Å². The molecule has 3 nitrogen and oxygen atoms in total. The zero-order valence-corrected chi connectivity index (χ0v) is 12.4. The van der Waals surface area contributed by atoms with E-state index < -0.39 is 23.5 Å². The quantitative estimate of drug-likeness (QED) is 0.902. The molecule has 1 atom stereocenters. The predicted octanol–water partition coefficient (Wildman–Crippen LogP) is 4.04. The first kappa shape index (κ1) is 16.2. The lowest BCUT2D eigenvalue weighted by Crippen LogP contribution is -2.16. The molecule has 1 N–H and O–H groups in total. The van der Waals surface area contributed by atoms with E-state index in [2.05, 4.69) is 0 Å². The standard InChI is InChI=1S/C16H13ClF2O3/c1-22-15-6-5-9(18)7-10(15)11(16(20)21)8-12-13(17)3-2-4-14(12)19/h2-7,11H,8H2,1H3,(H,20,21). The summed E-state index contributed by atoms with van der Waals surface area (Å²) in [5.41, 5.74) is 0.206. The highest BCUT2D eigenvalue weighted by atomic mass is 35.5. The Bertz CT molecular complexity index is 684. The minimum absolute atomic E-state index is 0.0721. The largest absolute Gasteiger partial charge is 0.496 e. The van der Waals surface area contributed by atoms with Crippen LogP contribution in [0.3, 0.4) is 0 Å². The number of carboxylic acid groups (broad SMARTS) is 1. The fourth-order valence-electron chi connectivity index (χ4n) is 2.24. The monoisotopic (exact) mass is 326 g/mol. The molecule has 0 saturated carbocycles. The lowest BCUT2D eigenvalue weighted by Gasteiger charge is -2.17. The van der Waals surface area contributed by atoms with Gasteiger partial charge in [0.2, 0.25) is 0 Å². The Morgan fingerprint density at radius 1 is 1.32 bits per heavy atom. The molecule has 0 heterocycles. The molecule has 2 aromatic rings. The molecule has 0 saturated heterocycles. The molecule has 1 unspecified atom stereocenters. The third-order valence-electron chi connectivity index (χ3n) is 3.34. The number of halogens is 3. The maximum absolute atomic E-state index is 13.9. The first-order chi connectivity index (χ1) is 10.4. The molecular weight excluding hydrogens is 314 g/mol. The summed E-state index contributed by atoms with van der Waals surface area (Å²) in [6.07, 6.45) is -0.208. The van der Waals surface area contributed by atoms with Crippen molar-refractivity contribution in [2.45, 2.75) is 12.3 Å². The third-order valence-corrected chi connectivity index (χ3v) is 3.69. The molecule has 6 heteroatoms. The van der Waals surface area contributed by atoms with Gasteiger partial charge in [-0.25, -0.2) is 8.78 Å². The van der Waals surface area contributed by atoms with Gasteiger partial charge in [-0.2, -0.15) is 0 Å². The summed E-state index contributed by atoms with van der Waals surface area (Å²) >= 11 is 5.93. The Hall–Kier alpha value is -2.14. The Balaban J connectivity index is 2.48. The molecule has 0 fully saturated rings. The molecule has 0 spiro atoms. The van der Waals surface area contributed by atoms with E-state index >= 15 is 0 Å². The van der Waals surface area contributed by atoms with Crippen LogP contribution >= 0.6 is 11.6 Å². The predicted molar refractivity (Wildman–Crippen MR) is 78.4 cm³/mol. The first-order valence-corrected chi connectivity index (χ1v) is 6.81. The number of benzene rings is 2. The van der Waals surface area contributed by atoms with Gasteiger partial charge in [0.1, 0.15) is 17.4 Å². The van der Waals surface area contributed by atoms with Gasteiger partial charge < -0.3 is 9.84 Å². The normalized spacial score (nSPS) is 12.0. The number of ether oxygens (including phenoxy) is 1. The number of carbonyl (C=O) groups is 1. The molecule has 0 aliphatic carbocycles. The van der Waals surface area contributed by atoms with E-state index in [1.807, 2.05) is 0 Å². The van der Waals surface area contributed by atoms with Crippen LogP contribution in [-0.2, 0) is 11.2 Å². The van der Waals surface area contributed by atoms with Crippen LogP contribution in [0.25, 0.3) is 0 Å². The highest BCUT2D eigenvalue weighted by molar-refractivity contribution is 6.31. The number of hydrogen-bond donors (Lipinski definition) is 1. The van der Waals surface area contributed by atoms with Crippen molar-refractivity contribution in [3.05, 3.63) is 64.2 Å². The molecule has 0 radical (unpaired) electrons. The summed E-state index contributed by atoms with van der Waals surface area (Å²) < 4.78 is 32.4. The van der Waals surface area contributed by atoms with Gasteiger partial charge in [0, 0.05) is 16.1 Å². The van der Waals surface area contributed by atoms with Gasteiger partial charge in [-0.15, -0.1) is 0 Å². The molecule has 22 heavy (non-hydrogen) atoms. The van der Waals surface area contributed by atoms with Crippen molar-refractivity contribution in [1.29, 1.82) is 0 Å². The van der Waals surface area contributed by atoms with Gasteiger partial charge in [-0.05, 0) is 36.8 Å². The molecular formula is C16H13ClF2O3. The zero-order chi connectivity index (χ0) is 16.3. The van der Waals surface area contributed by atoms with Crippen molar-refractivity contribution in [3.63, 3.8) is 0 Å². The second-order valence-electron chi connectivity index (χ2n) is 4.68. The van der Waals surface area contributed by atoms with Crippen molar-refractivity contribution in [3.8, 4) is 5.75 Å². The molecule has 0 aromatic heterocycles. The van der Waals surface area contributed by atoms with Crippen LogP contribution in [0.2, 0.25) is 5.02 Å². The summed E-state index contributed by atoms with van der Waals surface area (Å²) in [5.74, 6) is -3.37. The highest BCUT2D eigenvalue weighted by Gasteiger charge is 2.26. The summed E-state index contributed by atoms with van der Waals surface area (Å²) in [6.45, 7) is 0. The van der Waals surface area contributed by atoms with E-state index in [1.165, 1.54) is 31.4 Å². The van der Waals surface area contributed by atoms with Crippen molar-refractivity contribution in [1.82, 2.24) is 0 Å². The SMILES string of the molecule is COc1ccc(F)cc1C(Cc1c(F)cccc1Cl)C(=O)O. The van der Waals surface area contributed by atoms with E-state index in [0.717, 1.165) is 12.1 Å². The topological polar surface area (TPSA) is 46.5 Å². The first-order valence-electron chi connectivity index (χ1n) is 6.43. The van der Waals surface area contributed by atoms with Crippen molar-refractivity contribution in [2.75, 3.05) is 7.11 Å². The van der Waals surface area contributed by atoms with Crippen molar-refractivity contribution >= 4 is 17.6 Å². The second-order valence-corrected chi connectivity index (χ2v) is 5.09. The Labute approximate surface area is 131 Å². The molecule has 116 valence electrons. The fourth-order valence-corrected chi connectivity index (χ4v) is 2.48. The minimum Gasteiger partial charge on any atom is -0.496 e. The zero-order valence-electron chi connectivity index (χ0n) is 11.6. The average Bonchev–Trinajstić information content (AvgIpc) is 2.46. The Kier molecular flexibility index (Phi) is 4.98. The summed E-state index contributed by atoms with van der Waals surface area (Å²) in [5, 5.41) is 9.56. The van der Waals surface area contributed by atoms with Crippen LogP contribution in [0.15, 0.2) is 36.4 Å². The number of carboxylic acids is 1. The number of rotatable bonds is 5. The van der Waals surface area contributed by atoms with E-state index in [0.29, 0.717) is 0 Å². The van der Waals surface area contributed by atoms with Gasteiger partial charge in [0.25, 0.3) is 0 Å². The van der Waals surface area contributed by atoms with Crippen molar-refractivity contribution in [2.24, 2.45) is 0 Å². The van der Waals surface area contributed by atoms with Crippen LogP contribution in [0, 0.1) is 11.6 Å². The lowest BCUT2D eigenvalue weighted by molar-refractivity contribution is -0.138. The average molecular weight is 327 g/mol. The van der Waals surface area contributed by atoms with E-state index in [-0.39, 0.29) is 28.3 Å². The molecule has 2 rings (SSSR count). The summed E-state index contributed by atoms with van der Waals surface area (Å²) in [7, 11) is 1.35. The summed E-state index contributed by atoms with van der Waals surface area (Å²) in [4.78, 5) is 11.6. The summed E-state index contributed by atoms with van der Waals surface area (Å²) in [6, 6.07) is 7.68. The van der Waals surface area contributed by atoms with Crippen LogP contribution in [0.4, 0.5) is 8.78 Å². The molecule has 0 amide bonds. The van der Waals surface area contributed by atoms with Gasteiger partial charge in [0.15, 0.2) is 0 Å². The molecule has 0 bridgehead atoms. The molecule has 2 aromatic carbocycles. The minimum atomic E-state index is -1.22. The van der Waals surface area contributed by atoms with Gasteiger partial charge in [-0.3, -0.25) is 4.79 Å². The smallest absolute Gasteiger partial charge is 0.311 e. The molecule has 0 aliphatic rings. The lowest BCUT2D eigenvalue weighted by atomic mass is 9.91. The number of methoxy groups -OCH3 is 1. The van der Waals surface area contributed by atoms with Crippen LogP contribution in [0.1, 0.15) is 17.0 Å². The van der Waals surface area contributed by atoms with E-state index in [4.69, 9.17) is 16.3 Å². The van der Waals surface area contributed by atoms with E-state index in [9.17, 15) is 18.7 Å². The van der Waals surface area contributed by atoms with Crippen LogP contribution < -0.4 is 4.74 Å². The Morgan fingerprint density at radius 2 is 2.05 bits per heavy atom. The molecule has 0 aliphatic heterocycles. The van der Waals surface area contributed by atoms with Gasteiger partial charge in [-0.1, -0.05) is 17.7 Å². The second kappa shape index (κ2) is 6.75. The van der Waals surface area contributed by atoms with Gasteiger partial charge in [0.05, 0.1) is 13.0 Å². The highest BCUT2D eigenvalue weighted by Crippen LogP contribution is 2.33. The number of hydrogen-bond acceptors (Lipinski definition) is 2. The Morgan fingerprint density at radius 3 is 2.64 bits per heavy atom. The number of aliphatic carboxylic acids is 1.